The molecule has 0 radical (unpaired) electrons. The van der Waals surface area contributed by atoms with E-state index in [0.717, 1.165) is 4.47 Å². The Labute approximate surface area is 106 Å². The zero-order valence-electron chi connectivity index (χ0n) is 9.66. The van der Waals surface area contributed by atoms with E-state index in [1.807, 2.05) is 13.8 Å². The summed E-state index contributed by atoms with van der Waals surface area (Å²) in [6.45, 7) is 4.37. The van der Waals surface area contributed by atoms with Gasteiger partial charge in [-0.3, -0.25) is 9.36 Å². The van der Waals surface area contributed by atoms with E-state index in [-0.39, 0.29) is 17.2 Å². The molecule has 1 heterocycles. The lowest BCUT2D eigenvalue weighted by atomic mass is 10.2. The molecule has 0 aliphatic rings. The van der Waals surface area contributed by atoms with Crippen LogP contribution in [0.3, 0.4) is 0 Å². The smallest absolute Gasteiger partial charge is 0.307 e. The molecule has 0 aliphatic carbocycles. The lowest BCUT2D eigenvalue weighted by Gasteiger charge is -2.08. The molecule has 0 aliphatic heterocycles. The first-order valence-corrected chi connectivity index (χ1v) is 6.20. The predicted molar refractivity (Wildman–Crippen MR) is 71.4 cm³/mol. The van der Waals surface area contributed by atoms with Crippen LogP contribution in [0.15, 0.2) is 32.3 Å². The molecular formula is C12H13BrN2O2. The molecule has 17 heavy (non-hydrogen) atoms. The lowest BCUT2D eigenvalue weighted by molar-refractivity contribution is 0.496. The Morgan fingerprint density at radius 1 is 1.35 bits per heavy atom. The van der Waals surface area contributed by atoms with Crippen LogP contribution in [0.2, 0.25) is 0 Å². The largest absolute Gasteiger partial charge is 0.328 e. The third kappa shape index (κ3) is 2.34. The number of hydrogen-bond donors (Lipinski definition) is 1. The molecule has 1 aromatic heterocycles. The van der Waals surface area contributed by atoms with E-state index in [9.17, 15) is 9.59 Å². The number of aromatic amines is 1. The molecule has 2 rings (SSSR count). The van der Waals surface area contributed by atoms with Gasteiger partial charge in [0.15, 0.2) is 0 Å². The maximum absolute atomic E-state index is 12.2. The van der Waals surface area contributed by atoms with Crippen molar-refractivity contribution >= 4 is 26.8 Å². The Bertz CT molecular complexity index is 670. The number of H-pyrrole nitrogens is 1. The number of aromatic nitrogens is 2. The van der Waals surface area contributed by atoms with Gasteiger partial charge in [-0.25, -0.2) is 4.79 Å². The summed E-state index contributed by atoms with van der Waals surface area (Å²) >= 11 is 3.32. The van der Waals surface area contributed by atoms with Gasteiger partial charge in [-0.15, -0.1) is 0 Å². The van der Waals surface area contributed by atoms with Gasteiger partial charge >= 0.3 is 5.69 Å². The van der Waals surface area contributed by atoms with E-state index in [1.165, 1.54) is 4.57 Å². The standard InChI is InChI=1S/C12H13BrN2O2/c1-7(2)6-15-11(16)9-5-8(13)3-4-10(9)14-12(15)17/h3-5,7H,6H2,1-2H3,(H,14,17). The Morgan fingerprint density at radius 2 is 2.06 bits per heavy atom. The molecule has 5 heteroatoms. The number of rotatable bonds is 2. The van der Waals surface area contributed by atoms with Gasteiger partial charge in [-0.2, -0.15) is 0 Å². The second-order valence-corrected chi connectivity index (χ2v) is 5.35. The first kappa shape index (κ1) is 12.1. The van der Waals surface area contributed by atoms with Crippen molar-refractivity contribution < 1.29 is 0 Å². The molecular weight excluding hydrogens is 284 g/mol. The van der Waals surface area contributed by atoms with Gasteiger partial charge < -0.3 is 4.98 Å². The lowest BCUT2D eigenvalue weighted by Crippen LogP contribution is -2.36. The van der Waals surface area contributed by atoms with Crippen molar-refractivity contribution in [3.63, 3.8) is 0 Å². The first-order valence-electron chi connectivity index (χ1n) is 5.41. The van der Waals surface area contributed by atoms with Gasteiger partial charge in [-0.1, -0.05) is 29.8 Å². The van der Waals surface area contributed by atoms with E-state index in [2.05, 4.69) is 20.9 Å². The van der Waals surface area contributed by atoms with Gasteiger partial charge in [0, 0.05) is 11.0 Å². The Morgan fingerprint density at radius 3 is 2.71 bits per heavy atom. The zero-order chi connectivity index (χ0) is 12.6. The molecule has 0 bridgehead atoms. The number of halogens is 1. The minimum atomic E-state index is -0.349. The van der Waals surface area contributed by atoms with Crippen molar-refractivity contribution in [1.82, 2.24) is 9.55 Å². The Hall–Kier alpha value is -1.36. The molecule has 1 aromatic carbocycles. The number of benzene rings is 1. The van der Waals surface area contributed by atoms with Gasteiger partial charge in [0.1, 0.15) is 0 Å². The quantitative estimate of drug-likeness (QED) is 0.923. The van der Waals surface area contributed by atoms with E-state index >= 15 is 0 Å². The van der Waals surface area contributed by atoms with Crippen molar-refractivity contribution in [3.05, 3.63) is 43.5 Å². The second-order valence-electron chi connectivity index (χ2n) is 4.43. The summed E-state index contributed by atoms with van der Waals surface area (Å²) in [5.41, 5.74) is -0.0134. The third-order valence-electron chi connectivity index (χ3n) is 2.49. The summed E-state index contributed by atoms with van der Waals surface area (Å²) < 4.78 is 2.07. The van der Waals surface area contributed by atoms with Gasteiger partial charge in [0.25, 0.3) is 5.56 Å². The average Bonchev–Trinajstić information content (AvgIpc) is 2.25. The Balaban J connectivity index is 2.78. The molecule has 0 fully saturated rings. The summed E-state index contributed by atoms with van der Waals surface area (Å²) in [6.07, 6.45) is 0. The van der Waals surface area contributed by atoms with E-state index in [0.29, 0.717) is 17.4 Å². The second kappa shape index (κ2) is 4.49. The third-order valence-corrected chi connectivity index (χ3v) is 2.98. The van der Waals surface area contributed by atoms with Crippen LogP contribution in [0.5, 0.6) is 0 Å². The van der Waals surface area contributed by atoms with Crippen LogP contribution in [-0.2, 0) is 6.54 Å². The predicted octanol–water partition coefficient (Wildman–Crippen LogP) is 2.11. The molecule has 0 amide bonds. The van der Waals surface area contributed by atoms with Gasteiger partial charge in [0.2, 0.25) is 0 Å². The van der Waals surface area contributed by atoms with E-state index in [4.69, 9.17) is 0 Å². The normalized spacial score (nSPS) is 11.3. The van der Waals surface area contributed by atoms with Crippen molar-refractivity contribution in [2.45, 2.75) is 20.4 Å². The number of nitrogens with one attached hydrogen (secondary N) is 1. The monoisotopic (exact) mass is 296 g/mol. The Kier molecular flexibility index (Phi) is 3.19. The van der Waals surface area contributed by atoms with Crippen LogP contribution in [0.25, 0.3) is 10.9 Å². The maximum Gasteiger partial charge on any atom is 0.328 e. The summed E-state index contributed by atoms with van der Waals surface area (Å²) in [5.74, 6) is 0.249. The molecule has 0 spiro atoms. The fraction of sp³-hybridized carbons (Fsp3) is 0.333. The van der Waals surface area contributed by atoms with Crippen LogP contribution < -0.4 is 11.2 Å². The SMILES string of the molecule is CC(C)Cn1c(=O)[nH]c2ccc(Br)cc2c1=O. The van der Waals surface area contributed by atoms with Crippen molar-refractivity contribution in [2.24, 2.45) is 5.92 Å². The molecule has 0 saturated heterocycles. The minimum Gasteiger partial charge on any atom is -0.307 e. The van der Waals surface area contributed by atoms with Gasteiger partial charge in [-0.05, 0) is 24.1 Å². The summed E-state index contributed by atoms with van der Waals surface area (Å²) in [6, 6.07) is 5.25. The maximum atomic E-state index is 12.2. The van der Waals surface area contributed by atoms with Crippen LogP contribution in [0.1, 0.15) is 13.8 Å². The van der Waals surface area contributed by atoms with Crippen molar-refractivity contribution in [2.75, 3.05) is 0 Å². The number of hydrogen-bond acceptors (Lipinski definition) is 2. The summed E-state index contributed by atoms with van der Waals surface area (Å²) in [7, 11) is 0. The van der Waals surface area contributed by atoms with Crippen LogP contribution in [0.4, 0.5) is 0 Å². The molecule has 0 unspecified atom stereocenters. The van der Waals surface area contributed by atoms with E-state index < -0.39 is 0 Å². The van der Waals surface area contributed by atoms with Crippen LogP contribution in [-0.4, -0.2) is 9.55 Å². The van der Waals surface area contributed by atoms with E-state index in [1.54, 1.807) is 18.2 Å². The first-order chi connectivity index (χ1) is 7.99. The fourth-order valence-electron chi connectivity index (χ4n) is 1.75. The average molecular weight is 297 g/mol. The van der Waals surface area contributed by atoms with Crippen molar-refractivity contribution in [1.29, 1.82) is 0 Å². The number of fused-ring (bicyclic) bond motifs is 1. The summed E-state index contributed by atoms with van der Waals surface area (Å²) in [5, 5.41) is 0.527. The molecule has 0 saturated carbocycles. The molecule has 1 N–H and O–H groups in total. The molecule has 2 aromatic rings. The number of nitrogens with zero attached hydrogens (tertiary/aromatic N) is 1. The highest BCUT2D eigenvalue weighted by Gasteiger charge is 2.08. The molecule has 4 nitrogen and oxygen atoms in total. The zero-order valence-corrected chi connectivity index (χ0v) is 11.2. The minimum absolute atomic E-state index is 0.237. The highest BCUT2D eigenvalue weighted by molar-refractivity contribution is 9.10. The molecule has 0 atom stereocenters. The fourth-order valence-corrected chi connectivity index (χ4v) is 2.11. The summed E-state index contributed by atoms with van der Waals surface area (Å²) in [4.78, 5) is 26.6. The van der Waals surface area contributed by atoms with Crippen molar-refractivity contribution in [3.8, 4) is 0 Å². The highest BCUT2D eigenvalue weighted by Crippen LogP contribution is 2.14. The molecule has 90 valence electrons. The van der Waals surface area contributed by atoms with Crippen LogP contribution in [0, 0.1) is 5.92 Å². The topological polar surface area (TPSA) is 54.9 Å². The van der Waals surface area contributed by atoms with Crippen LogP contribution >= 0.6 is 15.9 Å². The van der Waals surface area contributed by atoms with Gasteiger partial charge in [0.05, 0.1) is 10.9 Å². The highest BCUT2D eigenvalue weighted by atomic mass is 79.9.